The molecule has 0 N–H and O–H groups in total. The molecule has 30 heavy (non-hydrogen) atoms. The monoisotopic (exact) mass is 433 g/mol. The quantitative estimate of drug-likeness (QED) is 0.333. The van der Waals surface area contributed by atoms with Crippen molar-refractivity contribution in [3.63, 3.8) is 0 Å². The first-order valence-corrected chi connectivity index (χ1v) is 11.5. The molecule has 0 saturated carbocycles. The molecule has 4 rings (SSSR count). The van der Waals surface area contributed by atoms with Crippen molar-refractivity contribution in [3.05, 3.63) is 83.7 Å². The lowest BCUT2D eigenvalue weighted by atomic mass is 10.2. The summed E-state index contributed by atoms with van der Waals surface area (Å²) in [6, 6.07) is 17.8. The largest absolute Gasteiger partial charge is 0.279 e. The zero-order valence-electron chi connectivity index (χ0n) is 17.2. The summed E-state index contributed by atoms with van der Waals surface area (Å²) in [5.41, 5.74) is 3.69. The van der Waals surface area contributed by atoms with Gasteiger partial charge in [0, 0.05) is 28.1 Å². The Bertz CT molecular complexity index is 1170. The number of benzene rings is 2. The average Bonchev–Trinajstić information content (AvgIpc) is 3.17. The Morgan fingerprint density at radius 1 is 1.13 bits per heavy atom. The predicted molar refractivity (Wildman–Crippen MR) is 127 cm³/mol. The molecule has 0 unspecified atom stereocenters. The van der Waals surface area contributed by atoms with Crippen LogP contribution in [0.1, 0.15) is 35.3 Å². The van der Waals surface area contributed by atoms with E-state index in [4.69, 9.17) is 4.98 Å². The second-order valence-electron chi connectivity index (χ2n) is 7.37. The van der Waals surface area contributed by atoms with Gasteiger partial charge in [-0.15, -0.1) is 11.8 Å². The van der Waals surface area contributed by atoms with Crippen molar-refractivity contribution in [2.45, 2.75) is 37.5 Å². The zero-order chi connectivity index (χ0) is 21.1. The SMILES string of the molecule is Cc1cccc2sc(N(Cc3cccnc3)C(=O)c3cccc(SC(C)C)c3)nc12. The minimum atomic E-state index is -0.0539. The van der Waals surface area contributed by atoms with Crippen LogP contribution >= 0.6 is 23.1 Å². The number of carbonyl (C=O) groups is 1. The molecule has 0 radical (unpaired) electrons. The van der Waals surface area contributed by atoms with Gasteiger partial charge in [0.05, 0.1) is 16.8 Å². The number of amides is 1. The van der Waals surface area contributed by atoms with Crippen molar-refractivity contribution in [3.8, 4) is 0 Å². The first kappa shape index (κ1) is 20.6. The number of fused-ring (bicyclic) bond motifs is 1. The fourth-order valence-corrected chi connectivity index (χ4v) is 5.16. The number of carbonyl (C=O) groups excluding carboxylic acids is 1. The summed E-state index contributed by atoms with van der Waals surface area (Å²) in [7, 11) is 0. The molecule has 0 aliphatic heterocycles. The number of thioether (sulfide) groups is 1. The smallest absolute Gasteiger partial charge is 0.260 e. The molecule has 0 bridgehead atoms. The number of thiazole rings is 1. The third-order valence-electron chi connectivity index (χ3n) is 4.60. The lowest BCUT2D eigenvalue weighted by Crippen LogP contribution is -2.30. The molecule has 1 amide bonds. The van der Waals surface area contributed by atoms with Gasteiger partial charge in [0.1, 0.15) is 0 Å². The molecule has 152 valence electrons. The molecule has 2 aromatic heterocycles. The second-order valence-corrected chi connectivity index (χ2v) is 10.0. The van der Waals surface area contributed by atoms with Gasteiger partial charge in [-0.2, -0.15) is 0 Å². The lowest BCUT2D eigenvalue weighted by molar-refractivity contribution is 0.0985. The molecule has 6 heteroatoms. The van der Waals surface area contributed by atoms with Crippen LogP contribution in [0.3, 0.4) is 0 Å². The third-order valence-corrected chi connectivity index (χ3v) is 6.64. The molecule has 4 aromatic rings. The van der Waals surface area contributed by atoms with Gasteiger partial charge in [-0.25, -0.2) is 4.98 Å². The van der Waals surface area contributed by atoms with E-state index in [9.17, 15) is 4.79 Å². The van der Waals surface area contributed by atoms with E-state index in [1.54, 1.807) is 40.4 Å². The fraction of sp³-hybridized carbons (Fsp3) is 0.208. The number of anilines is 1. The summed E-state index contributed by atoms with van der Waals surface area (Å²) in [4.78, 5) is 25.5. The van der Waals surface area contributed by atoms with Crippen LogP contribution in [0.4, 0.5) is 5.13 Å². The van der Waals surface area contributed by atoms with Gasteiger partial charge in [-0.3, -0.25) is 14.7 Å². The van der Waals surface area contributed by atoms with Crippen LogP contribution in [0, 0.1) is 6.92 Å². The number of rotatable bonds is 6. The fourth-order valence-electron chi connectivity index (χ4n) is 3.22. The topological polar surface area (TPSA) is 46.1 Å². The van der Waals surface area contributed by atoms with E-state index >= 15 is 0 Å². The summed E-state index contributed by atoms with van der Waals surface area (Å²) in [6.45, 7) is 6.77. The van der Waals surface area contributed by atoms with Crippen LogP contribution in [-0.4, -0.2) is 21.1 Å². The van der Waals surface area contributed by atoms with E-state index in [-0.39, 0.29) is 5.91 Å². The van der Waals surface area contributed by atoms with Crippen molar-refractivity contribution in [2.24, 2.45) is 0 Å². The highest BCUT2D eigenvalue weighted by Crippen LogP contribution is 2.33. The molecule has 0 aliphatic rings. The highest BCUT2D eigenvalue weighted by atomic mass is 32.2. The van der Waals surface area contributed by atoms with Crippen LogP contribution in [0.15, 0.2) is 71.9 Å². The average molecular weight is 434 g/mol. The summed E-state index contributed by atoms with van der Waals surface area (Å²) >= 11 is 3.30. The molecule has 4 nitrogen and oxygen atoms in total. The minimum absolute atomic E-state index is 0.0539. The van der Waals surface area contributed by atoms with Crippen molar-refractivity contribution in [1.29, 1.82) is 0 Å². The summed E-state index contributed by atoms with van der Waals surface area (Å²) in [6.07, 6.45) is 3.53. The van der Waals surface area contributed by atoms with Crippen molar-refractivity contribution in [1.82, 2.24) is 9.97 Å². The number of hydrogen-bond acceptors (Lipinski definition) is 5. The Kier molecular flexibility index (Phi) is 6.16. The molecule has 0 saturated heterocycles. The molecule has 0 fully saturated rings. The maximum absolute atomic E-state index is 13.6. The van der Waals surface area contributed by atoms with E-state index in [1.807, 2.05) is 55.5 Å². The number of aromatic nitrogens is 2. The van der Waals surface area contributed by atoms with Gasteiger partial charge in [0.2, 0.25) is 0 Å². The van der Waals surface area contributed by atoms with E-state index in [0.29, 0.717) is 22.5 Å². The van der Waals surface area contributed by atoms with Crippen molar-refractivity contribution < 1.29 is 4.79 Å². The number of hydrogen-bond donors (Lipinski definition) is 0. The molecular weight excluding hydrogens is 410 g/mol. The number of aryl methyl sites for hydroxylation is 1. The zero-order valence-corrected chi connectivity index (χ0v) is 18.8. The van der Waals surface area contributed by atoms with Gasteiger partial charge in [-0.05, 0) is 48.4 Å². The Hall–Kier alpha value is -2.70. The highest BCUT2D eigenvalue weighted by Gasteiger charge is 2.22. The normalized spacial score (nSPS) is 11.2. The number of para-hydroxylation sites is 1. The second kappa shape index (κ2) is 8.98. The Labute approximate surface area is 185 Å². The maximum atomic E-state index is 13.6. The maximum Gasteiger partial charge on any atom is 0.260 e. The van der Waals surface area contributed by atoms with Gasteiger partial charge in [0.25, 0.3) is 5.91 Å². The Morgan fingerprint density at radius 2 is 1.97 bits per heavy atom. The van der Waals surface area contributed by atoms with Crippen LogP contribution in [-0.2, 0) is 6.54 Å². The van der Waals surface area contributed by atoms with E-state index < -0.39 is 0 Å². The van der Waals surface area contributed by atoms with Crippen LogP contribution in [0.25, 0.3) is 10.2 Å². The first-order chi connectivity index (χ1) is 14.5. The van der Waals surface area contributed by atoms with Crippen LogP contribution < -0.4 is 4.90 Å². The van der Waals surface area contributed by atoms with Gasteiger partial charge in [0.15, 0.2) is 5.13 Å². The van der Waals surface area contributed by atoms with Gasteiger partial charge < -0.3 is 0 Å². The summed E-state index contributed by atoms with van der Waals surface area (Å²) in [5, 5.41) is 1.16. The summed E-state index contributed by atoms with van der Waals surface area (Å²) < 4.78 is 1.08. The first-order valence-electron chi connectivity index (χ1n) is 9.85. The Morgan fingerprint density at radius 3 is 2.70 bits per heavy atom. The predicted octanol–water partition coefficient (Wildman–Crippen LogP) is 6.35. The third kappa shape index (κ3) is 4.55. The van der Waals surface area contributed by atoms with Crippen molar-refractivity contribution in [2.75, 3.05) is 4.90 Å². The summed E-state index contributed by atoms with van der Waals surface area (Å²) in [5.74, 6) is -0.0539. The standard InChI is InChI=1S/C24H23N3OS2/c1-16(2)29-20-10-5-9-19(13-20)23(28)27(15-18-8-6-12-25-14-18)24-26-22-17(3)7-4-11-21(22)30-24/h4-14,16H,15H2,1-3H3. The van der Waals surface area contributed by atoms with Crippen molar-refractivity contribution >= 4 is 44.4 Å². The highest BCUT2D eigenvalue weighted by molar-refractivity contribution is 7.99. The molecule has 0 atom stereocenters. The van der Waals surface area contributed by atoms with Gasteiger partial charge in [-0.1, -0.05) is 49.4 Å². The van der Waals surface area contributed by atoms with Gasteiger partial charge >= 0.3 is 0 Å². The van der Waals surface area contributed by atoms with E-state index in [2.05, 4.69) is 24.9 Å². The Balaban J connectivity index is 1.74. The molecule has 0 aliphatic carbocycles. The molecular formula is C24H23N3OS2. The van der Waals surface area contributed by atoms with Crippen LogP contribution in [0.2, 0.25) is 0 Å². The lowest BCUT2D eigenvalue weighted by Gasteiger charge is -2.20. The molecule has 0 spiro atoms. The molecule has 2 heterocycles. The van der Waals surface area contributed by atoms with Crippen LogP contribution in [0.5, 0.6) is 0 Å². The minimum Gasteiger partial charge on any atom is -0.279 e. The van der Waals surface area contributed by atoms with E-state index in [0.717, 1.165) is 26.2 Å². The van der Waals surface area contributed by atoms with E-state index in [1.165, 1.54) is 0 Å². The number of nitrogens with zero attached hydrogens (tertiary/aromatic N) is 3. The number of pyridine rings is 1. The molecule has 2 aromatic carbocycles.